The zero-order valence-corrected chi connectivity index (χ0v) is 17.2. The molecule has 2 amide bonds. The lowest BCUT2D eigenvalue weighted by Gasteiger charge is -2.18. The second-order valence-electron chi connectivity index (χ2n) is 8.26. The largest absolute Gasteiger partial charge is 0.372 e. The maximum Gasteiger partial charge on any atom is 0.247 e. The fourth-order valence-electron chi connectivity index (χ4n) is 4.39. The molecular formula is C24H17N3O3S. The topological polar surface area (TPSA) is 63.4 Å². The van der Waals surface area contributed by atoms with Gasteiger partial charge < -0.3 is 14.9 Å². The Hall–Kier alpha value is -3.42. The molecule has 7 heteroatoms. The summed E-state index contributed by atoms with van der Waals surface area (Å²) in [5.74, 6) is 0.131. The average Bonchev–Trinajstić information content (AvgIpc) is 3.72. The summed E-state index contributed by atoms with van der Waals surface area (Å²) in [7, 11) is 0. The number of anilines is 3. The highest BCUT2D eigenvalue weighted by Gasteiger charge is 2.42. The Kier molecular flexibility index (Phi) is 3.25. The Morgan fingerprint density at radius 1 is 0.806 bits per heavy atom. The molecule has 1 atom stereocenters. The Bertz CT molecular complexity index is 1460. The van der Waals surface area contributed by atoms with Crippen molar-refractivity contribution >= 4 is 60.4 Å². The van der Waals surface area contributed by atoms with Gasteiger partial charge >= 0.3 is 0 Å². The molecule has 1 N–H and O–H groups in total. The van der Waals surface area contributed by atoms with E-state index in [0.29, 0.717) is 19.6 Å². The molecule has 0 spiro atoms. The monoisotopic (exact) mass is 427 g/mol. The SMILES string of the molecule is O=C1CN1c1cc(N2CC2=O)c(N2CC2O)cc1-c1ccc2c(c1)sc1ccccc12. The lowest BCUT2D eigenvalue weighted by atomic mass is 10.00. The van der Waals surface area contributed by atoms with Crippen molar-refractivity contribution in [2.75, 3.05) is 34.3 Å². The Labute approximate surface area is 181 Å². The Morgan fingerprint density at radius 2 is 1.48 bits per heavy atom. The van der Waals surface area contributed by atoms with Gasteiger partial charge in [-0.1, -0.05) is 30.3 Å². The number of nitrogens with zero attached hydrogens (tertiary/aromatic N) is 3. The summed E-state index contributed by atoms with van der Waals surface area (Å²) in [5.41, 5.74) is 4.39. The van der Waals surface area contributed by atoms with Crippen LogP contribution in [0.1, 0.15) is 0 Å². The predicted molar refractivity (Wildman–Crippen MR) is 123 cm³/mol. The maximum absolute atomic E-state index is 12.0. The Morgan fingerprint density at radius 3 is 2.19 bits per heavy atom. The van der Waals surface area contributed by atoms with Crippen LogP contribution in [0.25, 0.3) is 31.3 Å². The zero-order chi connectivity index (χ0) is 20.9. The van der Waals surface area contributed by atoms with Crippen LogP contribution in [-0.2, 0) is 9.59 Å². The van der Waals surface area contributed by atoms with Gasteiger partial charge in [0, 0.05) is 25.7 Å². The van der Waals surface area contributed by atoms with Crippen LogP contribution in [0.3, 0.4) is 0 Å². The molecule has 0 saturated carbocycles. The third-order valence-electron chi connectivity index (χ3n) is 6.24. The number of carbonyl (C=O) groups is 2. The van der Waals surface area contributed by atoms with E-state index in [2.05, 4.69) is 42.5 Å². The van der Waals surface area contributed by atoms with E-state index in [1.165, 1.54) is 20.2 Å². The lowest BCUT2D eigenvalue weighted by Crippen LogP contribution is -2.07. The molecular weight excluding hydrogens is 410 g/mol. The van der Waals surface area contributed by atoms with Crippen molar-refractivity contribution in [3.05, 3.63) is 54.6 Å². The summed E-state index contributed by atoms with van der Waals surface area (Å²) in [4.78, 5) is 29.2. The first-order valence-electron chi connectivity index (χ1n) is 10.2. The fourth-order valence-corrected chi connectivity index (χ4v) is 5.53. The van der Waals surface area contributed by atoms with Gasteiger partial charge in [-0.15, -0.1) is 11.3 Å². The molecule has 1 aromatic heterocycles. The van der Waals surface area contributed by atoms with Crippen LogP contribution in [0.5, 0.6) is 0 Å². The summed E-state index contributed by atoms with van der Waals surface area (Å²) in [6.07, 6.45) is -0.527. The molecule has 152 valence electrons. The van der Waals surface area contributed by atoms with E-state index in [9.17, 15) is 14.7 Å². The van der Waals surface area contributed by atoms with E-state index in [4.69, 9.17) is 0 Å². The van der Waals surface area contributed by atoms with E-state index in [1.807, 2.05) is 17.0 Å². The van der Waals surface area contributed by atoms with Crippen molar-refractivity contribution < 1.29 is 14.7 Å². The number of fused-ring (bicyclic) bond motifs is 3. The molecule has 0 radical (unpaired) electrons. The third kappa shape index (κ3) is 2.60. The number of rotatable bonds is 4. The number of aliphatic hydroxyl groups is 1. The van der Waals surface area contributed by atoms with Crippen LogP contribution in [0, 0.1) is 0 Å². The first kappa shape index (κ1) is 17.3. The summed E-state index contributed by atoms with van der Waals surface area (Å²) >= 11 is 1.76. The fraction of sp³-hybridized carbons (Fsp3) is 0.167. The molecule has 0 aliphatic carbocycles. The quantitative estimate of drug-likeness (QED) is 0.506. The standard InChI is InChI=1S/C24H17N3O3S/c28-22-10-25(22)17-9-19(27-12-24(27)30)18(26-11-23(26)29)8-16(17)13-5-6-15-14-3-1-2-4-20(14)31-21(15)7-13/h1-9,23,29H,10-12H2. The maximum atomic E-state index is 12.0. The summed E-state index contributed by atoms with van der Waals surface area (Å²) in [6, 6.07) is 18.8. The van der Waals surface area contributed by atoms with Gasteiger partial charge in [0.2, 0.25) is 11.8 Å². The van der Waals surface area contributed by atoms with Crippen LogP contribution in [0.2, 0.25) is 0 Å². The van der Waals surface area contributed by atoms with Gasteiger partial charge in [0.15, 0.2) is 0 Å². The van der Waals surface area contributed by atoms with Crippen LogP contribution >= 0.6 is 11.3 Å². The highest BCUT2D eigenvalue weighted by atomic mass is 32.1. The van der Waals surface area contributed by atoms with Crippen molar-refractivity contribution in [1.82, 2.24) is 0 Å². The lowest BCUT2D eigenvalue weighted by molar-refractivity contribution is -0.110. The van der Waals surface area contributed by atoms with E-state index < -0.39 is 6.23 Å². The minimum absolute atomic E-state index is 0.0557. The number of carbonyl (C=O) groups excluding carboxylic acids is 2. The van der Waals surface area contributed by atoms with Gasteiger partial charge in [0.1, 0.15) is 19.3 Å². The minimum Gasteiger partial charge on any atom is -0.372 e. The molecule has 3 saturated heterocycles. The highest BCUT2D eigenvalue weighted by Crippen LogP contribution is 2.48. The van der Waals surface area contributed by atoms with Crippen LogP contribution in [0.15, 0.2) is 54.6 Å². The van der Waals surface area contributed by atoms with Crippen LogP contribution in [-0.4, -0.2) is 42.8 Å². The van der Waals surface area contributed by atoms with E-state index >= 15 is 0 Å². The summed E-state index contributed by atoms with van der Waals surface area (Å²) < 4.78 is 2.44. The molecule has 1 unspecified atom stereocenters. The van der Waals surface area contributed by atoms with Gasteiger partial charge in [0.05, 0.1) is 23.6 Å². The second kappa shape index (κ2) is 5.84. The molecule has 3 fully saturated rings. The number of hydrogen-bond acceptors (Lipinski definition) is 5. The van der Waals surface area contributed by atoms with Gasteiger partial charge in [0.25, 0.3) is 0 Å². The van der Waals surface area contributed by atoms with Crippen molar-refractivity contribution in [3.8, 4) is 11.1 Å². The summed E-state index contributed by atoms with van der Waals surface area (Å²) in [6.45, 7) is 1.31. The predicted octanol–water partition coefficient (Wildman–Crippen LogP) is 3.55. The van der Waals surface area contributed by atoms with Crippen molar-refractivity contribution in [2.45, 2.75) is 6.23 Å². The van der Waals surface area contributed by atoms with Crippen molar-refractivity contribution in [2.24, 2.45) is 0 Å². The van der Waals surface area contributed by atoms with Crippen molar-refractivity contribution in [1.29, 1.82) is 0 Å². The number of benzene rings is 3. The highest BCUT2D eigenvalue weighted by molar-refractivity contribution is 7.25. The molecule has 3 aliphatic rings. The van der Waals surface area contributed by atoms with E-state index in [-0.39, 0.29) is 11.8 Å². The first-order valence-corrected chi connectivity index (χ1v) is 11.1. The van der Waals surface area contributed by atoms with Crippen LogP contribution < -0.4 is 14.7 Å². The molecule has 31 heavy (non-hydrogen) atoms. The number of amides is 2. The third-order valence-corrected chi connectivity index (χ3v) is 7.38. The molecule has 0 bridgehead atoms. The average molecular weight is 427 g/mol. The molecule has 6 nitrogen and oxygen atoms in total. The number of hydrogen-bond donors (Lipinski definition) is 1. The van der Waals surface area contributed by atoms with Gasteiger partial charge in [-0.3, -0.25) is 14.5 Å². The van der Waals surface area contributed by atoms with Gasteiger partial charge in [-0.25, -0.2) is 0 Å². The van der Waals surface area contributed by atoms with Gasteiger partial charge in [-0.2, -0.15) is 0 Å². The Balaban J connectivity index is 1.44. The zero-order valence-electron chi connectivity index (χ0n) is 16.4. The number of β-amino-alcohol motifs (C(OH)–C–C–N with tert-alkyl or cyclic N) is 1. The molecule has 4 heterocycles. The van der Waals surface area contributed by atoms with Crippen molar-refractivity contribution in [3.63, 3.8) is 0 Å². The smallest absolute Gasteiger partial charge is 0.247 e. The van der Waals surface area contributed by atoms with Gasteiger partial charge in [-0.05, 0) is 29.8 Å². The van der Waals surface area contributed by atoms with E-state index in [1.54, 1.807) is 21.1 Å². The normalized spacial score (nSPS) is 19.6. The first-order chi connectivity index (χ1) is 15.1. The number of thiophene rings is 1. The molecule has 3 aliphatic heterocycles. The molecule has 4 aromatic rings. The van der Waals surface area contributed by atoms with E-state index in [0.717, 1.165) is 28.2 Å². The van der Waals surface area contributed by atoms with Crippen LogP contribution in [0.4, 0.5) is 17.1 Å². The summed E-state index contributed by atoms with van der Waals surface area (Å²) in [5, 5.41) is 12.5. The molecule has 3 aromatic carbocycles. The second-order valence-corrected chi connectivity index (χ2v) is 9.34. The molecule has 7 rings (SSSR count). The minimum atomic E-state index is -0.527. The number of aliphatic hydroxyl groups excluding tert-OH is 1.